The molecule has 1 aliphatic carbocycles. The van der Waals surface area contributed by atoms with Crippen molar-refractivity contribution in [3.8, 4) is 16.9 Å². The van der Waals surface area contributed by atoms with Crippen molar-refractivity contribution in [2.24, 2.45) is 11.8 Å². The summed E-state index contributed by atoms with van der Waals surface area (Å²) in [6, 6.07) is 10.4. The lowest BCUT2D eigenvalue weighted by molar-refractivity contribution is -0.146. The molecule has 0 spiro atoms. The van der Waals surface area contributed by atoms with Gasteiger partial charge in [0.25, 0.3) is 0 Å². The van der Waals surface area contributed by atoms with Gasteiger partial charge in [0, 0.05) is 5.56 Å². The van der Waals surface area contributed by atoms with Crippen LogP contribution in [0.1, 0.15) is 57.1 Å². The zero-order valence-corrected chi connectivity index (χ0v) is 18.7. The molecule has 2 aromatic rings. The summed E-state index contributed by atoms with van der Waals surface area (Å²) in [5.74, 6) is -1.45. The Morgan fingerprint density at radius 1 is 1.19 bits per heavy atom. The lowest BCUT2D eigenvalue weighted by Gasteiger charge is -2.26. The first-order valence-corrected chi connectivity index (χ1v) is 11.0. The van der Waals surface area contributed by atoms with Crippen molar-refractivity contribution in [3.05, 3.63) is 47.5 Å². The van der Waals surface area contributed by atoms with Crippen LogP contribution in [0, 0.1) is 11.8 Å². The predicted molar refractivity (Wildman–Crippen MR) is 118 cm³/mol. The molecule has 0 heterocycles. The van der Waals surface area contributed by atoms with Gasteiger partial charge in [0.1, 0.15) is 0 Å². The van der Waals surface area contributed by atoms with E-state index in [9.17, 15) is 18.0 Å². The molecular weight excluding hydrogens is 419 g/mol. The van der Waals surface area contributed by atoms with Crippen molar-refractivity contribution in [1.29, 1.82) is 0 Å². The maximum absolute atomic E-state index is 14.3. The molecule has 0 radical (unpaired) electrons. The molecular formula is C25H30F3NO3. The minimum absolute atomic E-state index is 0.0198. The molecule has 2 N–H and O–H groups in total. The van der Waals surface area contributed by atoms with Crippen molar-refractivity contribution >= 4 is 11.7 Å². The number of nitrogen functional groups attached to an aromatic ring is 1. The van der Waals surface area contributed by atoms with Crippen molar-refractivity contribution in [1.82, 2.24) is 0 Å². The molecule has 1 unspecified atom stereocenters. The summed E-state index contributed by atoms with van der Waals surface area (Å²) in [7, 11) is 0. The van der Waals surface area contributed by atoms with Gasteiger partial charge in [-0.15, -0.1) is 0 Å². The summed E-state index contributed by atoms with van der Waals surface area (Å²) >= 11 is 0. The first-order chi connectivity index (χ1) is 15.1. The van der Waals surface area contributed by atoms with Gasteiger partial charge in [-0.05, 0) is 55.2 Å². The Labute approximate surface area is 186 Å². The van der Waals surface area contributed by atoms with Crippen LogP contribution in [0.4, 0.5) is 18.9 Å². The highest BCUT2D eigenvalue weighted by Gasteiger charge is 2.42. The number of benzene rings is 2. The third-order valence-electron chi connectivity index (χ3n) is 5.53. The van der Waals surface area contributed by atoms with E-state index in [1.807, 2.05) is 19.9 Å². The maximum Gasteiger partial charge on any atom is 0.418 e. The molecule has 1 fully saturated rings. The molecule has 174 valence electrons. The van der Waals surface area contributed by atoms with Gasteiger partial charge in [-0.2, -0.15) is 13.2 Å². The molecule has 1 atom stereocenters. The average Bonchev–Trinajstić information content (AvgIpc) is 3.54. The van der Waals surface area contributed by atoms with Crippen molar-refractivity contribution < 1.29 is 27.4 Å². The Morgan fingerprint density at radius 3 is 2.38 bits per heavy atom. The molecule has 0 aliphatic heterocycles. The average molecular weight is 450 g/mol. The maximum atomic E-state index is 14.3. The Balaban J connectivity index is 2.26. The first-order valence-electron chi connectivity index (χ1n) is 11.0. The Bertz CT molecular complexity index is 938. The van der Waals surface area contributed by atoms with E-state index in [0.717, 1.165) is 12.8 Å². The lowest BCUT2D eigenvalue weighted by atomic mass is 9.84. The number of ether oxygens (including phenoxy) is 2. The van der Waals surface area contributed by atoms with Gasteiger partial charge >= 0.3 is 12.1 Å². The van der Waals surface area contributed by atoms with Crippen LogP contribution in [-0.4, -0.2) is 19.2 Å². The second kappa shape index (κ2) is 9.84. The van der Waals surface area contributed by atoms with Gasteiger partial charge in [0.15, 0.2) is 5.75 Å². The number of halogens is 3. The van der Waals surface area contributed by atoms with Crippen LogP contribution in [-0.2, 0) is 15.7 Å². The number of carbonyl (C=O) groups is 1. The predicted octanol–water partition coefficient (Wildman–Crippen LogP) is 6.44. The van der Waals surface area contributed by atoms with Crippen LogP contribution in [0.25, 0.3) is 11.1 Å². The highest BCUT2D eigenvalue weighted by molar-refractivity contribution is 5.86. The van der Waals surface area contributed by atoms with Gasteiger partial charge in [-0.25, -0.2) is 0 Å². The molecule has 0 saturated heterocycles. The monoisotopic (exact) mass is 449 g/mol. The smallest absolute Gasteiger partial charge is 0.418 e. The lowest BCUT2D eigenvalue weighted by Crippen LogP contribution is -2.23. The minimum Gasteiger partial charge on any atom is -0.490 e. The van der Waals surface area contributed by atoms with E-state index in [0.29, 0.717) is 23.7 Å². The summed E-state index contributed by atoms with van der Waals surface area (Å²) in [6.07, 6.45) is -2.57. The molecule has 4 nitrogen and oxygen atoms in total. The SMILES string of the molecule is CCOC(=O)C(CC(C)C)c1cc(-c2ccccc2)c(OCC2CC2)c(N)c1C(F)(F)F. The van der Waals surface area contributed by atoms with Crippen LogP contribution in [0.2, 0.25) is 0 Å². The van der Waals surface area contributed by atoms with E-state index in [-0.39, 0.29) is 30.3 Å². The molecule has 0 amide bonds. The van der Waals surface area contributed by atoms with Crippen LogP contribution in [0.3, 0.4) is 0 Å². The Hall–Kier alpha value is -2.70. The topological polar surface area (TPSA) is 61.5 Å². The standard InChI is InChI=1S/C25H30F3NO3/c1-4-31-24(30)20(12-15(2)3)19-13-18(17-8-6-5-7-9-17)23(32-14-16-10-11-16)22(29)21(19)25(26,27)28/h5-9,13,15-16,20H,4,10-12,14,29H2,1-3H3. The molecule has 2 aromatic carbocycles. The van der Waals surface area contributed by atoms with Gasteiger partial charge < -0.3 is 15.2 Å². The number of hydrogen-bond donors (Lipinski definition) is 1. The normalized spacial score (nSPS) is 15.0. The number of nitrogens with two attached hydrogens (primary N) is 1. The van der Waals surface area contributed by atoms with E-state index in [1.165, 1.54) is 6.07 Å². The zero-order valence-electron chi connectivity index (χ0n) is 18.7. The highest BCUT2D eigenvalue weighted by Crippen LogP contribution is 2.49. The molecule has 1 saturated carbocycles. The molecule has 7 heteroatoms. The number of rotatable bonds is 9. The fourth-order valence-electron chi connectivity index (χ4n) is 3.84. The summed E-state index contributed by atoms with van der Waals surface area (Å²) in [4.78, 5) is 12.8. The molecule has 0 bridgehead atoms. The fraction of sp³-hybridized carbons (Fsp3) is 0.480. The van der Waals surface area contributed by atoms with Crippen LogP contribution in [0.5, 0.6) is 5.75 Å². The Kier molecular flexibility index (Phi) is 7.36. The molecule has 3 rings (SSSR count). The van der Waals surface area contributed by atoms with Gasteiger partial charge in [0.2, 0.25) is 0 Å². The number of hydrogen-bond acceptors (Lipinski definition) is 4. The number of alkyl halides is 3. The minimum atomic E-state index is -4.76. The highest BCUT2D eigenvalue weighted by atomic mass is 19.4. The van der Waals surface area contributed by atoms with Gasteiger partial charge in [0.05, 0.1) is 30.4 Å². The van der Waals surface area contributed by atoms with Crippen molar-refractivity contribution in [2.45, 2.75) is 52.1 Å². The quantitative estimate of drug-likeness (QED) is 0.354. The van der Waals surface area contributed by atoms with Crippen molar-refractivity contribution in [2.75, 3.05) is 18.9 Å². The van der Waals surface area contributed by atoms with E-state index >= 15 is 0 Å². The third kappa shape index (κ3) is 5.56. The number of anilines is 1. The number of esters is 1. The Morgan fingerprint density at radius 2 is 1.84 bits per heavy atom. The van der Waals surface area contributed by atoms with E-state index in [4.69, 9.17) is 15.2 Å². The van der Waals surface area contributed by atoms with E-state index in [2.05, 4.69) is 0 Å². The molecule has 0 aromatic heterocycles. The second-order valence-electron chi connectivity index (χ2n) is 8.68. The first kappa shape index (κ1) is 24.0. The second-order valence-corrected chi connectivity index (χ2v) is 8.68. The summed E-state index contributed by atoms with van der Waals surface area (Å²) in [5.41, 5.74) is 5.62. The number of carbonyl (C=O) groups excluding carboxylic acids is 1. The zero-order chi connectivity index (χ0) is 23.5. The third-order valence-corrected chi connectivity index (χ3v) is 5.53. The molecule has 1 aliphatic rings. The fourth-order valence-corrected chi connectivity index (χ4v) is 3.84. The van der Waals surface area contributed by atoms with Crippen LogP contribution < -0.4 is 10.5 Å². The summed E-state index contributed by atoms with van der Waals surface area (Å²) in [5, 5.41) is 0. The van der Waals surface area contributed by atoms with E-state index < -0.39 is 29.3 Å². The molecule has 32 heavy (non-hydrogen) atoms. The van der Waals surface area contributed by atoms with Crippen molar-refractivity contribution in [3.63, 3.8) is 0 Å². The van der Waals surface area contributed by atoms with Gasteiger partial charge in [-0.1, -0.05) is 44.2 Å². The van der Waals surface area contributed by atoms with Crippen LogP contribution >= 0.6 is 0 Å². The van der Waals surface area contributed by atoms with E-state index in [1.54, 1.807) is 31.2 Å². The largest absolute Gasteiger partial charge is 0.490 e. The summed E-state index contributed by atoms with van der Waals surface area (Å²) < 4.78 is 53.9. The summed E-state index contributed by atoms with van der Waals surface area (Å²) in [6.45, 7) is 5.74. The van der Waals surface area contributed by atoms with Gasteiger partial charge in [-0.3, -0.25) is 4.79 Å². The van der Waals surface area contributed by atoms with Crippen LogP contribution in [0.15, 0.2) is 36.4 Å².